The summed E-state index contributed by atoms with van der Waals surface area (Å²) in [5.41, 5.74) is 4.17. The van der Waals surface area contributed by atoms with Gasteiger partial charge in [0, 0.05) is 19.2 Å². The van der Waals surface area contributed by atoms with Crippen LogP contribution in [0.4, 0.5) is 0 Å². The lowest BCUT2D eigenvalue weighted by Gasteiger charge is -2.46. The molecule has 0 aliphatic heterocycles. The van der Waals surface area contributed by atoms with Crippen molar-refractivity contribution >= 4 is 16.0 Å². The number of hydrogen-bond donors (Lipinski definition) is 2. The standard InChI is InChI=1S/C25H34N2O6S/c1-27(26-25(18-24(29)33-3)16-5-4-6-21(25)15-17-28)34(30,31)23-13-9-20(10-14-23)19-7-11-22(32-2)12-8-19/h7-14,21,26,28H,4-6,15-18H2,1-3H3. The van der Waals surface area contributed by atoms with E-state index in [1.54, 1.807) is 31.4 Å². The van der Waals surface area contributed by atoms with Gasteiger partial charge >= 0.3 is 5.97 Å². The van der Waals surface area contributed by atoms with Gasteiger partial charge in [-0.2, -0.15) is 0 Å². The number of carbonyl (C=O) groups is 1. The molecule has 34 heavy (non-hydrogen) atoms. The summed E-state index contributed by atoms with van der Waals surface area (Å²) in [4.78, 5) is 12.4. The lowest BCUT2D eigenvalue weighted by Crippen LogP contribution is -2.60. The van der Waals surface area contributed by atoms with Gasteiger partial charge in [-0.25, -0.2) is 13.8 Å². The normalized spacial score (nSPS) is 20.8. The summed E-state index contributed by atoms with van der Waals surface area (Å²) in [6.07, 6.45) is 3.76. The Morgan fingerprint density at radius 2 is 1.71 bits per heavy atom. The molecule has 2 aromatic carbocycles. The van der Waals surface area contributed by atoms with Gasteiger partial charge < -0.3 is 14.6 Å². The third kappa shape index (κ3) is 5.78. The molecular weight excluding hydrogens is 456 g/mol. The first-order valence-electron chi connectivity index (χ1n) is 11.4. The van der Waals surface area contributed by atoms with Crippen LogP contribution in [0.3, 0.4) is 0 Å². The Kier molecular flexibility index (Phi) is 8.70. The zero-order valence-corrected chi connectivity index (χ0v) is 20.8. The molecular formula is C25H34N2O6S. The highest BCUT2D eigenvalue weighted by Crippen LogP contribution is 2.39. The van der Waals surface area contributed by atoms with Crippen molar-refractivity contribution in [2.75, 3.05) is 27.9 Å². The van der Waals surface area contributed by atoms with E-state index in [1.165, 1.54) is 14.2 Å². The molecule has 0 aromatic heterocycles. The van der Waals surface area contributed by atoms with E-state index in [2.05, 4.69) is 5.43 Å². The smallest absolute Gasteiger partial charge is 0.307 e. The molecule has 0 bridgehead atoms. The molecule has 1 fully saturated rings. The second-order valence-electron chi connectivity index (χ2n) is 8.70. The van der Waals surface area contributed by atoms with Crippen molar-refractivity contribution in [2.45, 2.75) is 49.0 Å². The van der Waals surface area contributed by atoms with E-state index >= 15 is 0 Å². The summed E-state index contributed by atoms with van der Waals surface area (Å²) in [6, 6.07) is 14.2. The molecule has 2 atom stereocenters. The number of rotatable bonds is 10. The number of sulfonamides is 1. The van der Waals surface area contributed by atoms with Crippen molar-refractivity contribution in [1.29, 1.82) is 0 Å². The summed E-state index contributed by atoms with van der Waals surface area (Å²) in [5.74, 6) is 0.283. The number of ether oxygens (including phenoxy) is 2. The molecule has 2 unspecified atom stereocenters. The van der Waals surface area contributed by atoms with E-state index < -0.39 is 21.5 Å². The van der Waals surface area contributed by atoms with Gasteiger partial charge in [0.05, 0.1) is 25.5 Å². The fourth-order valence-electron chi connectivity index (χ4n) is 4.77. The topological polar surface area (TPSA) is 105 Å². The molecule has 3 rings (SSSR count). The first-order valence-corrected chi connectivity index (χ1v) is 12.9. The number of esters is 1. The SMILES string of the molecule is COC(=O)CC1(NN(C)S(=O)(=O)c2ccc(-c3ccc(OC)cc3)cc2)CCCCC1CCO. The maximum atomic E-state index is 13.4. The summed E-state index contributed by atoms with van der Waals surface area (Å²) < 4.78 is 38.0. The largest absolute Gasteiger partial charge is 0.497 e. The highest BCUT2D eigenvalue weighted by Gasteiger charge is 2.44. The minimum Gasteiger partial charge on any atom is -0.497 e. The van der Waals surface area contributed by atoms with Crippen molar-refractivity contribution in [3.8, 4) is 16.9 Å². The molecule has 0 spiro atoms. The third-order valence-corrected chi connectivity index (χ3v) is 8.37. The zero-order chi connectivity index (χ0) is 24.8. The Labute approximate surface area is 201 Å². The van der Waals surface area contributed by atoms with Crippen LogP contribution in [0, 0.1) is 5.92 Å². The Balaban J connectivity index is 1.84. The van der Waals surface area contributed by atoms with Crippen molar-refractivity contribution in [3.05, 3.63) is 48.5 Å². The van der Waals surface area contributed by atoms with Gasteiger partial charge in [-0.15, -0.1) is 4.41 Å². The Morgan fingerprint density at radius 1 is 1.09 bits per heavy atom. The summed E-state index contributed by atoms with van der Waals surface area (Å²) in [6.45, 7) is -0.0292. The van der Waals surface area contributed by atoms with Crippen LogP contribution in [-0.2, 0) is 19.6 Å². The number of benzene rings is 2. The van der Waals surface area contributed by atoms with Crippen LogP contribution in [0.5, 0.6) is 5.75 Å². The third-order valence-electron chi connectivity index (χ3n) is 6.69. The van der Waals surface area contributed by atoms with Gasteiger partial charge in [0.1, 0.15) is 5.75 Å². The fraction of sp³-hybridized carbons (Fsp3) is 0.480. The Bertz CT molecular complexity index is 1050. The highest BCUT2D eigenvalue weighted by atomic mass is 32.2. The maximum absolute atomic E-state index is 13.4. The number of methoxy groups -OCH3 is 2. The van der Waals surface area contributed by atoms with Crippen LogP contribution in [0.15, 0.2) is 53.4 Å². The lowest BCUT2D eigenvalue weighted by molar-refractivity contribution is -0.144. The van der Waals surface area contributed by atoms with E-state index in [4.69, 9.17) is 9.47 Å². The molecule has 0 saturated heterocycles. The highest BCUT2D eigenvalue weighted by molar-refractivity contribution is 7.89. The molecule has 1 aliphatic rings. The zero-order valence-electron chi connectivity index (χ0n) is 20.0. The number of nitrogens with one attached hydrogen (secondary N) is 1. The van der Waals surface area contributed by atoms with Crippen LogP contribution < -0.4 is 10.2 Å². The van der Waals surface area contributed by atoms with Crippen LogP contribution >= 0.6 is 0 Å². The van der Waals surface area contributed by atoms with Crippen molar-refractivity contribution in [1.82, 2.24) is 9.84 Å². The molecule has 9 heteroatoms. The molecule has 1 aliphatic carbocycles. The van der Waals surface area contributed by atoms with Crippen molar-refractivity contribution < 1.29 is 27.8 Å². The van der Waals surface area contributed by atoms with Crippen LogP contribution in [-0.4, -0.2) is 57.3 Å². The average molecular weight is 491 g/mol. The Morgan fingerprint density at radius 3 is 2.26 bits per heavy atom. The predicted octanol–water partition coefficient (Wildman–Crippen LogP) is 3.36. The van der Waals surface area contributed by atoms with Gasteiger partial charge in [-0.1, -0.05) is 37.1 Å². The van der Waals surface area contributed by atoms with Gasteiger partial charge in [0.25, 0.3) is 10.0 Å². The summed E-state index contributed by atoms with van der Waals surface area (Å²) in [5, 5.41) is 9.58. The van der Waals surface area contributed by atoms with Crippen LogP contribution in [0.1, 0.15) is 38.5 Å². The number of hydrogen-bond acceptors (Lipinski definition) is 7. The molecule has 2 aromatic rings. The second-order valence-corrected chi connectivity index (χ2v) is 10.7. The number of carbonyl (C=O) groups excluding carboxylic acids is 1. The number of hydrazine groups is 1. The maximum Gasteiger partial charge on any atom is 0.307 e. The molecule has 8 nitrogen and oxygen atoms in total. The molecule has 0 radical (unpaired) electrons. The van der Waals surface area contributed by atoms with Gasteiger partial charge in [-0.3, -0.25) is 4.79 Å². The monoisotopic (exact) mass is 490 g/mol. The second kappa shape index (κ2) is 11.3. The minimum atomic E-state index is -3.88. The van der Waals surface area contributed by atoms with Crippen LogP contribution in [0.25, 0.3) is 11.1 Å². The van der Waals surface area contributed by atoms with Crippen LogP contribution in [0.2, 0.25) is 0 Å². The summed E-state index contributed by atoms with van der Waals surface area (Å²) >= 11 is 0. The molecule has 1 saturated carbocycles. The summed E-state index contributed by atoms with van der Waals surface area (Å²) in [7, 11) is 0.504. The fourth-order valence-corrected chi connectivity index (χ4v) is 5.87. The number of nitrogens with zero attached hydrogens (tertiary/aromatic N) is 1. The first kappa shape index (κ1) is 26.2. The average Bonchev–Trinajstić information content (AvgIpc) is 2.85. The molecule has 0 amide bonds. The van der Waals surface area contributed by atoms with Gasteiger partial charge in [0.2, 0.25) is 0 Å². The number of aliphatic hydroxyl groups is 1. The van der Waals surface area contributed by atoms with E-state index in [9.17, 15) is 18.3 Å². The lowest BCUT2D eigenvalue weighted by atomic mass is 9.70. The van der Waals surface area contributed by atoms with Gasteiger partial charge in [-0.05, 0) is 60.6 Å². The van der Waals surface area contributed by atoms with E-state index in [-0.39, 0.29) is 23.8 Å². The Hall–Kier alpha value is -2.46. The van der Waals surface area contributed by atoms with E-state index in [0.29, 0.717) is 12.8 Å². The van der Waals surface area contributed by atoms with Crippen molar-refractivity contribution in [3.63, 3.8) is 0 Å². The number of aliphatic hydroxyl groups excluding tert-OH is 1. The first-order chi connectivity index (χ1) is 16.3. The molecule has 186 valence electrons. The molecule has 0 heterocycles. The minimum absolute atomic E-state index is 0.0292. The van der Waals surface area contributed by atoms with Gasteiger partial charge in [0.15, 0.2) is 0 Å². The predicted molar refractivity (Wildman–Crippen MR) is 130 cm³/mol. The van der Waals surface area contributed by atoms with Crippen molar-refractivity contribution in [2.24, 2.45) is 5.92 Å². The van der Waals surface area contributed by atoms with E-state index in [0.717, 1.165) is 40.6 Å². The quantitative estimate of drug-likeness (QED) is 0.389. The molecule has 2 N–H and O–H groups in total. The van der Waals surface area contributed by atoms with E-state index in [1.807, 2.05) is 24.3 Å².